The fraction of sp³-hybridized carbons (Fsp3) is 0.567. The van der Waals surface area contributed by atoms with Gasteiger partial charge in [-0.15, -0.1) is 0 Å². The molecule has 0 radical (unpaired) electrons. The van der Waals surface area contributed by atoms with Crippen LogP contribution in [0.2, 0.25) is 0 Å². The number of carbonyl (C=O) groups is 3. The van der Waals surface area contributed by atoms with Crippen LogP contribution in [0, 0.1) is 35.5 Å². The zero-order chi connectivity index (χ0) is 26.7. The monoisotopic (exact) mass is 508 g/mol. The maximum atomic E-state index is 12.9. The largest absolute Gasteiger partial charge is 0.507 e. The molecule has 2 heterocycles. The fourth-order valence-corrected chi connectivity index (χ4v) is 7.25. The van der Waals surface area contributed by atoms with Gasteiger partial charge in [0.15, 0.2) is 5.78 Å². The van der Waals surface area contributed by atoms with E-state index in [4.69, 9.17) is 0 Å². The SMILES string of the molecule is CC[C@@H]1C[C@@H]2C[C@H]3/C=C\C=C\C(=O)NCC[C@H](O)[C@H]4C(=O)/C(=C(O)/C=C/C=C/C[C@H]3[C@@H]2[C@H]1C)C(=O)N4C. The third-order valence-electron chi connectivity index (χ3n) is 9.10. The number of ketones is 1. The molecule has 1 saturated heterocycles. The van der Waals surface area contributed by atoms with E-state index in [1.165, 1.54) is 38.5 Å². The maximum Gasteiger partial charge on any atom is 0.261 e. The average Bonchev–Trinajstić information content (AvgIpc) is 3.43. The molecular weight excluding hydrogens is 468 g/mol. The van der Waals surface area contributed by atoms with Crippen LogP contribution in [0.3, 0.4) is 0 Å². The lowest BCUT2D eigenvalue weighted by Gasteiger charge is -2.27. The van der Waals surface area contributed by atoms with Crippen molar-refractivity contribution in [3.63, 3.8) is 0 Å². The number of rotatable bonds is 1. The van der Waals surface area contributed by atoms with Crippen LogP contribution in [-0.2, 0) is 14.4 Å². The third-order valence-corrected chi connectivity index (χ3v) is 9.10. The van der Waals surface area contributed by atoms with Crippen molar-refractivity contribution in [2.45, 2.75) is 58.1 Å². The number of Topliss-reactive ketones (excluding diaryl/α,β-unsaturated/α-hetero) is 1. The molecule has 7 heteroatoms. The number of hydrogen-bond donors (Lipinski definition) is 3. The summed E-state index contributed by atoms with van der Waals surface area (Å²) in [6, 6.07) is -1.10. The second-order valence-corrected chi connectivity index (χ2v) is 11.1. The highest BCUT2D eigenvalue weighted by Crippen LogP contribution is 2.57. The lowest BCUT2D eigenvalue weighted by Crippen LogP contribution is -2.43. The Balaban J connectivity index is 1.60. The van der Waals surface area contributed by atoms with Gasteiger partial charge in [-0.05, 0) is 67.3 Å². The standard InChI is InChI=1S/C30H40N2O5/c1-4-19-16-21-17-20-10-8-9-13-25(35)31-15-14-24(34)28-29(36)27(30(37)32(28)3)23(33)12-7-5-6-11-22(20)26(21)18(19)2/h5-10,12-13,18-22,24,26,28,33-34H,4,11,14-17H2,1-3H3,(H,31,35)/b6-5+,10-8-,12-7+,13-9+,27-23+/t18-,19+,20+,21+,22+,24-,26+,28-/m0/s1. The van der Waals surface area contributed by atoms with Crippen molar-refractivity contribution in [1.29, 1.82) is 0 Å². The molecule has 4 aliphatic rings. The second-order valence-electron chi connectivity index (χ2n) is 11.1. The number of aliphatic hydroxyl groups is 2. The van der Waals surface area contributed by atoms with E-state index in [2.05, 4.69) is 31.3 Å². The van der Waals surface area contributed by atoms with Gasteiger partial charge in [0.25, 0.3) is 5.91 Å². The highest BCUT2D eigenvalue weighted by Gasteiger charge is 2.50. The maximum absolute atomic E-state index is 12.9. The van der Waals surface area contributed by atoms with Crippen molar-refractivity contribution < 1.29 is 24.6 Å². The van der Waals surface area contributed by atoms with Gasteiger partial charge in [-0.2, -0.15) is 0 Å². The summed E-state index contributed by atoms with van der Waals surface area (Å²) in [5, 5.41) is 23.8. The summed E-state index contributed by atoms with van der Waals surface area (Å²) in [5.41, 5.74) is -0.313. The van der Waals surface area contributed by atoms with Crippen molar-refractivity contribution in [1.82, 2.24) is 10.2 Å². The molecule has 0 spiro atoms. The smallest absolute Gasteiger partial charge is 0.261 e. The van der Waals surface area contributed by atoms with E-state index in [1.54, 1.807) is 12.2 Å². The summed E-state index contributed by atoms with van der Waals surface area (Å²) in [7, 11) is 1.43. The number of amides is 2. The minimum atomic E-state index is -1.17. The summed E-state index contributed by atoms with van der Waals surface area (Å²) in [5.74, 6) is 1.89. The molecule has 8 atom stereocenters. The molecule has 200 valence electrons. The van der Waals surface area contributed by atoms with Crippen LogP contribution in [0.4, 0.5) is 0 Å². The van der Waals surface area contributed by atoms with Crippen LogP contribution in [0.5, 0.6) is 0 Å². The summed E-state index contributed by atoms with van der Waals surface area (Å²) in [6.07, 6.45) is 18.0. The quantitative estimate of drug-likeness (QED) is 0.469. The Morgan fingerprint density at radius 2 is 1.84 bits per heavy atom. The van der Waals surface area contributed by atoms with E-state index in [0.29, 0.717) is 23.7 Å². The number of likely N-dealkylation sites (N-methyl/N-ethyl adjacent to an activating group) is 1. The number of allylic oxidation sites excluding steroid dienone is 7. The minimum Gasteiger partial charge on any atom is -0.507 e. The van der Waals surface area contributed by atoms with E-state index in [-0.39, 0.29) is 24.4 Å². The van der Waals surface area contributed by atoms with Crippen LogP contribution in [0.25, 0.3) is 0 Å². The normalized spacial score (nSPS) is 42.6. The topological polar surface area (TPSA) is 107 Å². The Labute approximate surface area is 219 Å². The second kappa shape index (κ2) is 11.6. The van der Waals surface area contributed by atoms with Crippen molar-refractivity contribution >= 4 is 17.6 Å². The molecule has 3 N–H and O–H groups in total. The molecule has 7 nitrogen and oxygen atoms in total. The van der Waals surface area contributed by atoms with Gasteiger partial charge in [-0.3, -0.25) is 14.4 Å². The molecule has 2 saturated carbocycles. The molecule has 2 aliphatic carbocycles. The van der Waals surface area contributed by atoms with Gasteiger partial charge in [0.05, 0.1) is 6.10 Å². The lowest BCUT2D eigenvalue weighted by molar-refractivity contribution is -0.128. The molecule has 0 unspecified atom stereocenters. The van der Waals surface area contributed by atoms with Gasteiger partial charge in [0.2, 0.25) is 5.91 Å². The first kappa shape index (κ1) is 27.1. The fourth-order valence-electron chi connectivity index (χ4n) is 7.25. The van der Waals surface area contributed by atoms with Crippen molar-refractivity contribution in [2.24, 2.45) is 35.5 Å². The number of nitrogens with zero attached hydrogens (tertiary/aromatic N) is 1. The predicted molar refractivity (Wildman–Crippen MR) is 142 cm³/mol. The van der Waals surface area contributed by atoms with Gasteiger partial charge < -0.3 is 20.4 Å². The van der Waals surface area contributed by atoms with Gasteiger partial charge in [0, 0.05) is 19.7 Å². The van der Waals surface area contributed by atoms with E-state index in [0.717, 1.165) is 23.2 Å². The summed E-state index contributed by atoms with van der Waals surface area (Å²) < 4.78 is 0. The third kappa shape index (κ3) is 5.52. The summed E-state index contributed by atoms with van der Waals surface area (Å²) in [6.45, 7) is 4.84. The number of nitrogens with one attached hydrogen (secondary N) is 1. The van der Waals surface area contributed by atoms with Gasteiger partial charge in [-0.1, -0.05) is 56.7 Å². The van der Waals surface area contributed by atoms with E-state index < -0.39 is 29.6 Å². The number of aliphatic hydroxyl groups excluding tert-OH is 2. The zero-order valence-corrected chi connectivity index (χ0v) is 22.0. The molecular formula is C30H40N2O5. The first-order valence-electron chi connectivity index (χ1n) is 13.6. The van der Waals surface area contributed by atoms with Gasteiger partial charge in [0.1, 0.15) is 17.4 Å². The molecule has 3 fully saturated rings. The van der Waals surface area contributed by atoms with E-state index in [9.17, 15) is 24.6 Å². The van der Waals surface area contributed by atoms with E-state index in [1.807, 2.05) is 12.2 Å². The Hall–Kier alpha value is -2.93. The first-order valence-corrected chi connectivity index (χ1v) is 13.6. The summed E-state index contributed by atoms with van der Waals surface area (Å²) in [4.78, 5) is 39.0. The lowest BCUT2D eigenvalue weighted by atomic mass is 9.78. The van der Waals surface area contributed by atoms with Gasteiger partial charge in [-0.25, -0.2) is 0 Å². The van der Waals surface area contributed by atoms with Gasteiger partial charge >= 0.3 is 0 Å². The first-order chi connectivity index (χ1) is 17.7. The number of carbonyl (C=O) groups excluding carboxylic acids is 3. The molecule has 2 aliphatic heterocycles. The number of likely N-dealkylation sites (tertiary alicyclic amines) is 1. The molecule has 0 aromatic heterocycles. The molecule has 0 aromatic rings. The minimum absolute atomic E-state index is 0.0968. The van der Waals surface area contributed by atoms with Crippen LogP contribution in [-0.4, -0.2) is 58.4 Å². The van der Waals surface area contributed by atoms with Crippen molar-refractivity contribution in [3.8, 4) is 0 Å². The molecule has 2 amide bonds. The zero-order valence-electron chi connectivity index (χ0n) is 22.0. The Morgan fingerprint density at radius 3 is 2.59 bits per heavy atom. The highest BCUT2D eigenvalue weighted by molar-refractivity contribution is 6.27. The van der Waals surface area contributed by atoms with Crippen molar-refractivity contribution in [2.75, 3.05) is 13.6 Å². The molecule has 4 rings (SSSR count). The van der Waals surface area contributed by atoms with E-state index >= 15 is 0 Å². The van der Waals surface area contributed by atoms with Crippen LogP contribution >= 0.6 is 0 Å². The number of hydrogen-bond acceptors (Lipinski definition) is 5. The molecule has 37 heavy (non-hydrogen) atoms. The van der Waals surface area contributed by atoms with Crippen LogP contribution in [0.15, 0.2) is 59.9 Å². The number of fused-ring (bicyclic) bond motifs is 5. The highest BCUT2D eigenvalue weighted by atomic mass is 16.3. The van der Waals surface area contributed by atoms with Crippen LogP contribution in [0.1, 0.15) is 46.0 Å². The van der Waals surface area contributed by atoms with Crippen molar-refractivity contribution in [3.05, 3.63) is 59.9 Å². The molecule has 2 bridgehead atoms. The van der Waals surface area contributed by atoms with Crippen LogP contribution < -0.4 is 5.32 Å². The Kier molecular flexibility index (Phi) is 8.53. The Morgan fingerprint density at radius 1 is 1.08 bits per heavy atom. The Bertz CT molecular complexity index is 1050. The summed E-state index contributed by atoms with van der Waals surface area (Å²) >= 11 is 0. The molecule has 0 aromatic carbocycles. The average molecular weight is 509 g/mol. The predicted octanol–water partition coefficient (Wildman–Crippen LogP) is 3.64.